The van der Waals surface area contributed by atoms with Crippen molar-refractivity contribution >= 4 is 17.7 Å². The molecule has 0 saturated heterocycles. The van der Waals surface area contributed by atoms with E-state index < -0.39 is 0 Å². The highest BCUT2D eigenvalue weighted by molar-refractivity contribution is 6.02. The van der Waals surface area contributed by atoms with Crippen molar-refractivity contribution in [3.05, 3.63) is 29.3 Å². The van der Waals surface area contributed by atoms with Gasteiger partial charge < -0.3 is 10.6 Å². The number of nitrogens with zero attached hydrogens (tertiary/aromatic N) is 1. The van der Waals surface area contributed by atoms with Gasteiger partial charge in [-0.25, -0.2) is 4.79 Å². The topological polar surface area (TPSA) is 65.5 Å². The molecule has 1 rings (SSSR count). The second-order valence-electron chi connectivity index (χ2n) is 5.41. The lowest BCUT2D eigenvalue weighted by Crippen LogP contribution is -2.43. The number of carbonyl (C=O) groups excluding carboxylic acids is 1. The van der Waals surface area contributed by atoms with Gasteiger partial charge in [0.05, 0.1) is 0 Å². The van der Waals surface area contributed by atoms with E-state index in [1.165, 1.54) is 19.3 Å². The normalized spacial score (nSPS) is 11.2. The molecular weight excluding hydrogens is 276 g/mol. The SMILES string of the molecule is CCCCCCNC(=NC)NC(=O)Nc1c(C)cccc1C. The van der Waals surface area contributed by atoms with Crippen molar-refractivity contribution in [1.82, 2.24) is 10.6 Å². The summed E-state index contributed by atoms with van der Waals surface area (Å²) in [6.07, 6.45) is 4.72. The van der Waals surface area contributed by atoms with Crippen LogP contribution in [-0.4, -0.2) is 25.6 Å². The number of urea groups is 1. The Balaban J connectivity index is 2.45. The maximum absolute atomic E-state index is 12.1. The van der Waals surface area contributed by atoms with Crippen LogP contribution in [0.1, 0.15) is 43.7 Å². The first kappa shape index (κ1) is 18.0. The number of unbranched alkanes of at least 4 members (excludes halogenated alkanes) is 3. The molecule has 122 valence electrons. The number of amides is 2. The van der Waals surface area contributed by atoms with Crippen molar-refractivity contribution < 1.29 is 4.79 Å². The molecule has 0 fully saturated rings. The Bertz CT molecular complexity index is 491. The van der Waals surface area contributed by atoms with E-state index in [2.05, 4.69) is 27.9 Å². The van der Waals surface area contributed by atoms with Crippen molar-refractivity contribution in [3.8, 4) is 0 Å². The van der Waals surface area contributed by atoms with Gasteiger partial charge in [0.25, 0.3) is 0 Å². The largest absolute Gasteiger partial charge is 0.356 e. The van der Waals surface area contributed by atoms with E-state index in [-0.39, 0.29) is 6.03 Å². The molecule has 5 heteroatoms. The molecule has 0 bridgehead atoms. The molecule has 1 aromatic carbocycles. The van der Waals surface area contributed by atoms with E-state index in [4.69, 9.17) is 0 Å². The Morgan fingerprint density at radius 2 is 1.82 bits per heavy atom. The molecule has 2 amide bonds. The summed E-state index contributed by atoms with van der Waals surface area (Å²) in [5.41, 5.74) is 2.92. The number of rotatable bonds is 6. The van der Waals surface area contributed by atoms with Crippen molar-refractivity contribution in [2.45, 2.75) is 46.5 Å². The number of para-hydroxylation sites is 1. The van der Waals surface area contributed by atoms with Gasteiger partial charge in [-0.1, -0.05) is 44.4 Å². The molecule has 0 unspecified atom stereocenters. The third-order valence-corrected chi connectivity index (χ3v) is 3.50. The molecule has 0 spiro atoms. The van der Waals surface area contributed by atoms with Gasteiger partial charge in [-0.15, -0.1) is 0 Å². The number of hydrogen-bond donors (Lipinski definition) is 3. The van der Waals surface area contributed by atoms with Crippen molar-refractivity contribution in [2.75, 3.05) is 18.9 Å². The average Bonchev–Trinajstić information content (AvgIpc) is 2.49. The minimum absolute atomic E-state index is 0.279. The van der Waals surface area contributed by atoms with Gasteiger partial charge in [-0.2, -0.15) is 0 Å². The molecule has 0 aliphatic carbocycles. The molecule has 0 aliphatic rings. The Labute approximate surface area is 133 Å². The number of guanidine groups is 1. The maximum atomic E-state index is 12.1. The first-order valence-corrected chi connectivity index (χ1v) is 7.93. The maximum Gasteiger partial charge on any atom is 0.326 e. The standard InChI is InChI=1S/C17H28N4O/c1-5-6-7-8-12-19-16(18-4)21-17(22)20-15-13(2)10-9-11-14(15)3/h9-11H,5-8,12H2,1-4H3,(H3,18,19,20,21,22). The number of benzene rings is 1. The van der Waals surface area contributed by atoms with Gasteiger partial charge in [0.2, 0.25) is 0 Å². The van der Waals surface area contributed by atoms with Crippen LogP contribution in [0.4, 0.5) is 10.5 Å². The van der Waals surface area contributed by atoms with Crippen LogP contribution in [0.2, 0.25) is 0 Å². The summed E-state index contributed by atoms with van der Waals surface area (Å²) in [4.78, 5) is 16.1. The van der Waals surface area contributed by atoms with Crippen molar-refractivity contribution in [2.24, 2.45) is 4.99 Å². The Morgan fingerprint density at radius 3 is 2.41 bits per heavy atom. The van der Waals surface area contributed by atoms with E-state index in [0.29, 0.717) is 5.96 Å². The summed E-state index contributed by atoms with van der Waals surface area (Å²) in [6.45, 7) is 6.95. The third-order valence-electron chi connectivity index (χ3n) is 3.50. The molecule has 0 aliphatic heterocycles. The van der Waals surface area contributed by atoms with Crippen LogP contribution in [0, 0.1) is 13.8 Å². The fourth-order valence-corrected chi connectivity index (χ4v) is 2.20. The predicted molar refractivity (Wildman–Crippen MR) is 93.6 cm³/mol. The van der Waals surface area contributed by atoms with E-state index in [1.54, 1.807) is 7.05 Å². The summed E-state index contributed by atoms with van der Waals surface area (Å²) in [7, 11) is 1.66. The zero-order valence-electron chi connectivity index (χ0n) is 14.1. The number of aryl methyl sites for hydroxylation is 2. The lowest BCUT2D eigenvalue weighted by atomic mass is 10.1. The number of hydrogen-bond acceptors (Lipinski definition) is 2. The monoisotopic (exact) mass is 304 g/mol. The van der Waals surface area contributed by atoms with Crippen LogP contribution in [-0.2, 0) is 0 Å². The van der Waals surface area contributed by atoms with Gasteiger partial charge >= 0.3 is 6.03 Å². The molecule has 0 aromatic heterocycles. The van der Waals surface area contributed by atoms with Crippen LogP contribution < -0.4 is 16.0 Å². The molecule has 5 nitrogen and oxygen atoms in total. The number of nitrogens with one attached hydrogen (secondary N) is 3. The molecule has 0 heterocycles. The van der Waals surface area contributed by atoms with Crippen LogP contribution in [0.5, 0.6) is 0 Å². The summed E-state index contributed by atoms with van der Waals surface area (Å²) in [5, 5.41) is 8.78. The van der Waals surface area contributed by atoms with Crippen molar-refractivity contribution in [1.29, 1.82) is 0 Å². The molecular formula is C17H28N4O. The molecule has 0 atom stereocenters. The van der Waals surface area contributed by atoms with Crippen molar-refractivity contribution in [3.63, 3.8) is 0 Å². The molecule has 0 radical (unpaired) electrons. The van der Waals surface area contributed by atoms with E-state index in [9.17, 15) is 4.79 Å². The third kappa shape index (κ3) is 6.16. The second-order valence-corrected chi connectivity index (χ2v) is 5.41. The van der Waals surface area contributed by atoms with Gasteiger partial charge in [-0.05, 0) is 31.4 Å². The minimum Gasteiger partial charge on any atom is -0.356 e. The van der Waals surface area contributed by atoms with Crippen LogP contribution in [0.3, 0.4) is 0 Å². The first-order chi connectivity index (χ1) is 10.6. The van der Waals surface area contributed by atoms with Crippen LogP contribution >= 0.6 is 0 Å². The molecule has 0 saturated carbocycles. The van der Waals surface area contributed by atoms with Gasteiger partial charge in [0.1, 0.15) is 0 Å². The van der Waals surface area contributed by atoms with E-state index in [1.807, 2.05) is 32.0 Å². The zero-order valence-corrected chi connectivity index (χ0v) is 14.1. The summed E-state index contributed by atoms with van der Waals surface area (Å²) in [6, 6.07) is 5.65. The number of aliphatic imine (C=N–C) groups is 1. The molecule has 1 aromatic rings. The summed E-state index contributed by atoms with van der Waals surface area (Å²) < 4.78 is 0. The molecule has 3 N–H and O–H groups in total. The first-order valence-electron chi connectivity index (χ1n) is 7.93. The fourth-order valence-electron chi connectivity index (χ4n) is 2.20. The highest BCUT2D eigenvalue weighted by Crippen LogP contribution is 2.18. The number of carbonyl (C=O) groups is 1. The van der Waals surface area contributed by atoms with E-state index in [0.717, 1.165) is 29.8 Å². The lowest BCUT2D eigenvalue weighted by Gasteiger charge is -2.14. The highest BCUT2D eigenvalue weighted by Gasteiger charge is 2.08. The van der Waals surface area contributed by atoms with Gasteiger partial charge in [0.15, 0.2) is 5.96 Å². The lowest BCUT2D eigenvalue weighted by molar-refractivity contribution is 0.256. The molecule has 22 heavy (non-hydrogen) atoms. The highest BCUT2D eigenvalue weighted by atomic mass is 16.2. The Kier molecular flexibility index (Phi) is 8.04. The smallest absolute Gasteiger partial charge is 0.326 e. The minimum atomic E-state index is -0.279. The van der Waals surface area contributed by atoms with Crippen LogP contribution in [0.15, 0.2) is 23.2 Å². The summed E-state index contributed by atoms with van der Waals surface area (Å²) >= 11 is 0. The quantitative estimate of drug-likeness (QED) is 0.427. The van der Waals surface area contributed by atoms with E-state index >= 15 is 0 Å². The van der Waals surface area contributed by atoms with Gasteiger partial charge in [-0.3, -0.25) is 10.3 Å². The van der Waals surface area contributed by atoms with Crippen LogP contribution in [0.25, 0.3) is 0 Å². The Hall–Kier alpha value is -2.04. The predicted octanol–water partition coefficient (Wildman–Crippen LogP) is 3.58. The van der Waals surface area contributed by atoms with Gasteiger partial charge in [0, 0.05) is 19.3 Å². The summed E-state index contributed by atoms with van der Waals surface area (Å²) in [5.74, 6) is 0.500. The average molecular weight is 304 g/mol. The zero-order chi connectivity index (χ0) is 16.4. The second kappa shape index (κ2) is 9.82. The fraction of sp³-hybridized carbons (Fsp3) is 0.529. The Morgan fingerprint density at radius 1 is 1.14 bits per heavy atom. The number of anilines is 1.